The number of hydrogen-bond acceptors (Lipinski definition) is 3. The maximum Gasteiger partial charge on any atom is 0.262 e. The third-order valence-electron chi connectivity index (χ3n) is 4.78. The predicted molar refractivity (Wildman–Crippen MR) is 112 cm³/mol. The molecule has 0 fully saturated rings. The number of rotatable bonds is 6. The van der Waals surface area contributed by atoms with Gasteiger partial charge in [-0.3, -0.25) is 9.48 Å². The van der Waals surface area contributed by atoms with Crippen molar-refractivity contribution in [2.75, 3.05) is 11.9 Å². The zero-order valence-corrected chi connectivity index (χ0v) is 17.3. The second-order valence-corrected chi connectivity index (χ2v) is 7.30. The Labute approximate surface area is 170 Å². The second kappa shape index (κ2) is 8.48. The van der Waals surface area contributed by atoms with Gasteiger partial charge in [-0.25, -0.2) is 0 Å². The summed E-state index contributed by atoms with van der Waals surface area (Å²) in [5.74, 6) is 0.411. The second-order valence-electron chi connectivity index (χ2n) is 6.89. The lowest BCUT2D eigenvalue weighted by atomic mass is 10.0. The van der Waals surface area contributed by atoms with Crippen molar-refractivity contribution in [1.29, 1.82) is 0 Å². The van der Waals surface area contributed by atoms with Crippen molar-refractivity contribution in [2.24, 2.45) is 7.05 Å². The van der Waals surface area contributed by atoms with E-state index in [0.29, 0.717) is 10.8 Å². The zero-order chi connectivity index (χ0) is 20.3. The summed E-state index contributed by atoms with van der Waals surface area (Å²) in [4.78, 5) is 12.1. The van der Waals surface area contributed by atoms with Crippen LogP contribution in [0.25, 0.3) is 0 Å². The average molecular weight is 398 g/mol. The van der Waals surface area contributed by atoms with E-state index in [1.165, 1.54) is 16.8 Å². The van der Waals surface area contributed by atoms with E-state index in [0.717, 1.165) is 23.4 Å². The van der Waals surface area contributed by atoms with Crippen LogP contribution in [0.1, 0.15) is 28.1 Å². The molecule has 0 saturated carbocycles. The van der Waals surface area contributed by atoms with Crippen LogP contribution in [0, 0.1) is 20.8 Å². The number of carbonyl (C=O) groups excluding carboxylic acids is 1. The highest BCUT2D eigenvalue weighted by atomic mass is 35.5. The summed E-state index contributed by atoms with van der Waals surface area (Å²) in [6.07, 6.45) is 0.818. The van der Waals surface area contributed by atoms with E-state index in [1.807, 2.05) is 55.9 Å². The van der Waals surface area contributed by atoms with Crippen LogP contribution in [0.3, 0.4) is 0 Å². The summed E-state index contributed by atoms with van der Waals surface area (Å²) in [5, 5.41) is 7.98. The van der Waals surface area contributed by atoms with Crippen molar-refractivity contribution >= 4 is 23.2 Å². The smallest absolute Gasteiger partial charge is 0.262 e. The van der Waals surface area contributed by atoms with E-state index >= 15 is 0 Å². The molecule has 1 heterocycles. The quantitative estimate of drug-likeness (QED) is 0.661. The van der Waals surface area contributed by atoms with Gasteiger partial charge in [-0.2, -0.15) is 5.10 Å². The third-order valence-corrected chi connectivity index (χ3v) is 5.20. The van der Waals surface area contributed by atoms with Crippen LogP contribution >= 0.6 is 11.6 Å². The molecule has 0 spiro atoms. The molecule has 1 amide bonds. The van der Waals surface area contributed by atoms with Gasteiger partial charge in [0.1, 0.15) is 5.75 Å². The molecule has 6 heteroatoms. The summed E-state index contributed by atoms with van der Waals surface area (Å²) in [7, 11) is 1.96. The highest BCUT2D eigenvalue weighted by Gasteiger charge is 2.10. The number of halogens is 1. The molecule has 1 N–H and O–H groups in total. The number of nitrogens with zero attached hydrogens (tertiary/aromatic N) is 2. The number of nitrogens with one attached hydrogen (secondary N) is 1. The number of aryl methyl sites for hydroxylation is 3. The molecule has 0 aliphatic carbocycles. The van der Waals surface area contributed by atoms with Crippen LogP contribution in [0.2, 0.25) is 5.02 Å². The van der Waals surface area contributed by atoms with Crippen LogP contribution in [-0.4, -0.2) is 22.3 Å². The minimum absolute atomic E-state index is 0.0586. The van der Waals surface area contributed by atoms with Gasteiger partial charge in [0.25, 0.3) is 5.91 Å². The highest BCUT2D eigenvalue weighted by molar-refractivity contribution is 6.31. The Bertz CT molecular complexity index is 994. The van der Waals surface area contributed by atoms with E-state index in [4.69, 9.17) is 16.3 Å². The minimum atomic E-state index is -0.209. The van der Waals surface area contributed by atoms with Gasteiger partial charge in [0.15, 0.2) is 6.61 Å². The van der Waals surface area contributed by atoms with E-state index in [2.05, 4.69) is 17.3 Å². The van der Waals surface area contributed by atoms with Crippen LogP contribution in [-0.2, 0) is 18.3 Å². The number of amides is 1. The molecular weight excluding hydrogens is 374 g/mol. The molecule has 3 rings (SSSR count). The number of anilines is 1. The Balaban J connectivity index is 1.56. The number of benzene rings is 2. The van der Waals surface area contributed by atoms with Crippen molar-refractivity contribution in [2.45, 2.75) is 27.2 Å². The fourth-order valence-electron chi connectivity index (χ4n) is 3.04. The molecule has 2 aromatic carbocycles. The fraction of sp³-hybridized carbons (Fsp3) is 0.273. The molecular formula is C22H24ClN3O2. The predicted octanol–water partition coefficient (Wildman–Crippen LogP) is 4.61. The van der Waals surface area contributed by atoms with Gasteiger partial charge in [0.05, 0.1) is 5.69 Å². The van der Waals surface area contributed by atoms with Gasteiger partial charge < -0.3 is 10.1 Å². The molecule has 0 aliphatic rings. The van der Waals surface area contributed by atoms with Gasteiger partial charge in [-0.15, -0.1) is 0 Å². The lowest BCUT2D eigenvalue weighted by molar-refractivity contribution is -0.118. The topological polar surface area (TPSA) is 56.1 Å². The average Bonchev–Trinajstić information content (AvgIpc) is 2.90. The van der Waals surface area contributed by atoms with E-state index in [9.17, 15) is 4.79 Å². The Kier molecular flexibility index (Phi) is 6.05. The van der Waals surface area contributed by atoms with E-state index in [-0.39, 0.29) is 12.5 Å². The summed E-state index contributed by atoms with van der Waals surface area (Å²) in [6.45, 7) is 5.94. The van der Waals surface area contributed by atoms with Crippen molar-refractivity contribution in [3.05, 3.63) is 75.6 Å². The van der Waals surface area contributed by atoms with Crippen LogP contribution in [0.4, 0.5) is 5.69 Å². The van der Waals surface area contributed by atoms with Crippen molar-refractivity contribution in [3.63, 3.8) is 0 Å². The number of hydrogen-bond donors (Lipinski definition) is 1. The molecule has 5 nitrogen and oxygen atoms in total. The molecule has 0 unspecified atom stereocenters. The van der Waals surface area contributed by atoms with Gasteiger partial charge >= 0.3 is 0 Å². The third kappa shape index (κ3) is 4.73. The first kappa shape index (κ1) is 20.0. The van der Waals surface area contributed by atoms with Crippen LogP contribution in [0.15, 0.2) is 42.5 Å². The largest absolute Gasteiger partial charge is 0.484 e. The molecule has 0 bridgehead atoms. The summed E-state index contributed by atoms with van der Waals surface area (Å²) in [6, 6.07) is 13.2. The Hall–Kier alpha value is -2.79. The van der Waals surface area contributed by atoms with E-state index < -0.39 is 0 Å². The molecule has 0 aliphatic heterocycles. The maximum absolute atomic E-state index is 12.1. The Morgan fingerprint density at radius 2 is 1.86 bits per heavy atom. The number of carbonyl (C=O) groups is 1. The standard InChI is InChI=1S/C22H24ClN3O2/c1-14-11-19(9-10-21(14)23)28-13-22(27)24-18-7-5-17(6-8-18)12-20-15(2)25-26(4)16(20)3/h5-11H,12-13H2,1-4H3,(H,24,27). The van der Waals surface area contributed by atoms with Crippen LogP contribution in [0.5, 0.6) is 5.75 Å². The first-order chi connectivity index (χ1) is 13.3. The number of ether oxygens (including phenoxy) is 1. The van der Waals surface area contributed by atoms with E-state index in [1.54, 1.807) is 12.1 Å². The highest BCUT2D eigenvalue weighted by Crippen LogP contribution is 2.21. The normalized spacial score (nSPS) is 10.8. The lowest BCUT2D eigenvalue weighted by Gasteiger charge is -2.09. The molecule has 3 aromatic rings. The van der Waals surface area contributed by atoms with Crippen molar-refractivity contribution in [3.8, 4) is 5.75 Å². The lowest BCUT2D eigenvalue weighted by Crippen LogP contribution is -2.20. The molecule has 1 aromatic heterocycles. The maximum atomic E-state index is 12.1. The summed E-state index contributed by atoms with van der Waals surface area (Å²) < 4.78 is 7.43. The SMILES string of the molecule is Cc1cc(OCC(=O)Nc2ccc(Cc3c(C)nn(C)c3C)cc2)ccc1Cl. The molecule has 0 radical (unpaired) electrons. The minimum Gasteiger partial charge on any atom is -0.484 e. The van der Waals surface area contributed by atoms with Gasteiger partial charge in [0.2, 0.25) is 0 Å². The monoisotopic (exact) mass is 397 g/mol. The molecule has 28 heavy (non-hydrogen) atoms. The first-order valence-corrected chi connectivity index (χ1v) is 9.48. The zero-order valence-electron chi connectivity index (χ0n) is 16.5. The molecule has 0 atom stereocenters. The first-order valence-electron chi connectivity index (χ1n) is 9.10. The van der Waals surface area contributed by atoms with Gasteiger partial charge in [-0.05, 0) is 62.2 Å². The fourth-order valence-corrected chi connectivity index (χ4v) is 3.15. The van der Waals surface area contributed by atoms with Gasteiger partial charge in [-0.1, -0.05) is 23.7 Å². The summed E-state index contributed by atoms with van der Waals surface area (Å²) in [5.41, 5.74) is 6.28. The number of aromatic nitrogens is 2. The molecule has 0 saturated heterocycles. The van der Waals surface area contributed by atoms with Gasteiger partial charge in [0, 0.05) is 35.4 Å². The van der Waals surface area contributed by atoms with Crippen LogP contribution < -0.4 is 10.1 Å². The van der Waals surface area contributed by atoms with Crippen molar-refractivity contribution < 1.29 is 9.53 Å². The summed E-state index contributed by atoms with van der Waals surface area (Å²) >= 11 is 5.99. The Morgan fingerprint density at radius 1 is 1.14 bits per heavy atom. The Morgan fingerprint density at radius 3 is 2.46 bits per heavy atom. The van der Waals surface area contributed by atoms with Crippen molar-refractivity contribution in [1.82, 2.24) is 9.78 Å². The molecule has 146 valence electrons.